The number of nitrogens with one attached hydrogen (secondary N) is 1. The molecule has 1 aromatic rings. The summed E-state index contributed by atoms with van der Waals surface area (Å²) in [6.07, 6.45) is 2.75. The van der Waals surface area contributed by atoms with Gasteiger partial charge in [0.2, 0.25) is 0 Å². The second-order valence-corrected chi connectivity index (χ2v) is 6.11. The molecule has 2 nitrogen and oxygen atoms in total. The van der Waals surface area contributed by atoms with E-state index in [1.807, 2.05) is 11.3 Å². The van der Waals surface area contributed by atoms with E-state index in [4.69, 9.17) is 0 Å². The molecule has 0 unspecified atom stereocenters. The van der Waals surface area contributed by atoms with Crippen molar-refractivity contribution in [1.82, 2.24) is 10.2 Å². The van der Waals surface area contributed by atoms with Gasteiger partial charge in [0.15, 0.2) is 0 Å². The summed E-state index contributed by atoms with van der Waals surface area (Å²) in [4.78, 5) is 3.80. The summed E-state index contributed by atoms with van der Waals surface area (Å²) in [7, 11) is 2.18. The van der Waals surface area contributed by atoms with E-state index in [1.165, 1.54) is 22.2 Å². The summed E-state index contributed by atoms with van der Waals surface area (Å²) < 4.78 is 1.20. The van der Waals surface area contributed by atoms with E-state index < -0.39 is 0 Å². The van der Waals surface area contributed by atoms with Crippen LogP contribution in [0.4, 0.5) is 0 Å². The Morgan fingerprint density at radius 3 is 3.00 bits per heavy atom. The van der Waals surface area contributed by atoms with E-state index in [1.54, 1.807) is 0 Å². The Balaban J connectivity index is 1.64. The molecule has 15 heavy (non-hydrogen) atoms. The maximum atomic E-state index is 3.53. The molecule has 1 fully saturated rings. The van der Waals surface area contributed by atoms with Gasteiger partial charge in [0.25, 0.3) is 0 Å². The molecule has 0 amide bonds. The minimum absolute atomic E-state index is 0.828. The van der Waals surface area contributed by atoms with E-state index in [2.05, 4.69) is 44.6 Å². The molecule has 1 aliphatic rings. The molecular formula is C11H17BrN2S. The van der Waals surface area contributed by atoms with Gasteiger partial charge in [-0.2, -0.15) is 0 Å². The smallest absolute Gasteiger partial charge is 0.0325 e. The molecule has 0 spiro atoms. The van der Waals surface area contributed by atoms with Crippen LogP contribution in [0.2, 0.25) is 0 Å². The highest BCUT2D eigenvalue weighted by Gasteiger charge is 2.19. The van der Waals surface area contributed by atoms with Crippen molar-refractivity contribution in [2.45, 2.75) is 25.4 Å². The molecule has 1 aliphatic carbocycles. The summed E-state index contributed by atoms with van der Waals surface area (Å²) >= 11 is 5.30. The summed E-state index contributed by atoms with van der Waals surface area (Å²) in [5, 5.41) is 5.68. The lowest BCUT2D eigenvalue weighted by Crippen LogP contribution is -2.29. The molecule has 2 rings (SSSR count). The van der Waals surface area contributed by atoms with E-state index in [0.717, 1.165) is 25.7 Å². The average molecular weight is 289 g/mol. The van der Waals surface area contributed by atoms with E-state index >= 15 is 0 Å². The van der Waals surface area contributed by atoms with Crippen LogP contribution in [0, 0.1) is 0 Å². The van der Waals surface area contributed by atoms with Crippen LogP contribution in [-0.4, -0.2) is 31.1 Å². The molecule has 1 N–H and O–H groups in total. The zero-order valence-corrected chi connectivity index (χ0v) is 11.4. The number of hydrogen-bond donors (Lipinski definition) is 1. The third kappa shape index (κ3) is 4.23. The second-order valence-electron chi connectivity index (χ2n) is 4.20. The first-order valence-electron chi connectivity index (χ1n) is 5.39. The van der Waals surface area contributed by atoms with Crippen molar-refractivity contribution in [2.24, 2.45) is 0 Å². The summed E-state index contributed by atoms with van der Waals surface area (Å²) in [6, 6.07) is 3.03. The summed E-state index contributed by atoms with van der Waals surface area (Å²) in [5.41, 5.74) is 0. The Labute approximate surface area is 104 Å². The third-order valence-electron chi connectivity index (χ3n) is 2.55. The standard InChI is InChI=1S/C11H17BrN2S/c1-14(5-4-13-10-2-3-10)7-11-6-9(12)8-15-11/h6,8,10,13H,2-5,7H2,1H3. The van der Waals surface area contributed by atoms with Crippen LogP contribution in [0.1, 0.15) is 17.7 Å². The molecule has 0 saturated heterocycles. The number of rotatable bonds is 6. The molecule has 0 atom stereocenters. The van der Waals surface area contributed by atoms with Crippen molar-refractivity contribution >= 4 is 27.3 Å². The Morgan fingerprint density at radius 1 is 1.60 bits per heavy atom. The van der Waals surface area contributed by atoms with Crippen LogP contribution in [0.5, 0.6) is 0 Å². The zero-order chi connectivity index (χ0) is 10.7. The molecule has 0 bridgehead atoms. The van der Waals surface area contributed by atoms with Gasteiger partial charge in [-0.3, -0.25) is 0 Å². The Hall–Kier alpha value is 0.1000. The maximum Gasteiger partial charge on any atom is 0.0325 e. The molecule has 0 aliphatic heterocycles. The largest absolute Gasteiger partial charge is 0.313 e. The van der Waals surface area contributed by atoms with Crippen molar-refractivity contribution in [3.05, 3.63) is 20.8 Å². The molecule has 84 valence electrons. The average Bonchev–Trinajstić information content (AvgIpc) is 2.91. The van der Waals surface area contributed by atoms with Gasteiger partial charge in [0.05, 0.1) is 0 Å². The van der Waals surface area contributed by atoms with Gasteiger partial charge in [-0.1, -0.05) is 0 Å². The van der Waals surface area contributed by atoms with Crippen LogP contribution in [0.15, 0.2) is 15.9 Å². The van der Waals surface area contributed by atoms with Crippen LogP contribution < -0.4 is 5.32 Å². The number of thiophene rings is 1. The first kappa shape index (κ1) is 11.6. The maximum absolute atomic E-state index is 3.53. The highest BCUT2D eigenvalue weighted by atomic mass is 79.9. The normalized spacial score (nSPS) is 16.2. The predicted octanol–water partition coefficient (Wildman–Crippen LogP) is 2.69. The minimum atomic E-state index is 0.828. The lowest BCUT2D eigenvalue weighted by Gasteiger charge is -2.15. The molecular weight excluding hydrogens is 272 g/mol. The monoisotopic (exact) mass is 288 g/mol. The lowest BCUT2D eigenvalue weighted by molar-refractivity contribution is 0.326. The third-order valence-corrected chi connectivity index (χ3v) is 4.23. The van der Waals surface area contributed by atoms with E-state index in [0.29, 0.717) is 0 Å². The van der Waals surface area contributed by atoms with Gasteiger partial charge >= 0.3 is 0 Å². The van der Waals surface area contributed by atoms with Crippen molar-refractivity contribution in [3.63, 3.8) is 0 Å². The molecule has 4 heteroatoms. The zero-order valence-electron chi connectivity index (χ0n) is 9.00. The van der Waals surface area contributed by atoms with Crippen LogP contribution in [-0.2, 0) is 6.54 Å². The minimum Gasteiger partial charge on any atom is -0.313 e. The molecule has 1 heterocycles. The van der Waals surface area contributed by atoms with Crippen molar-refractivity contribution in [1.29, 1.82) is 0 Å². The van der Waals surface area contributed by atoms with Crippen molar-refractivity contribution < 1.29 is 0 Å². The van der Waals surface area contributed by atoms with Gasteiger partial charge in [0, 0.05) is 40.4 Å². The Bertz CT molecular complexity index is 309. The fourth-order valence-corrected chi connectivity index (χ4v) is 3.06. The summed E-state index contributed by atoms with van der Waals surface area (Å²) in [6.45, 7) is 3.31. The second kappa shape index (κ2) is 5.43. The highest BCUT2D eigenvalue weighted by Crippen LogP contribution is 2.21. The fourth-order valence-electron chi connectivity index (χ4n) is 1.53. The number of nitrogens with zero attached hydrogens (tertiary/aromatic N) is 1. The van der Waals surface area contributed by atoms with Gasteiger partial charge in [-0.25, -0.2) is 0 Å². The lowest BCUT2D eigenvalue weighted by atomic mass is 10.4. The SMILES string of the molecule is CN(CCNC1CC1)Cc1cc(Br)cs1. The van der Waals surface area contributed by atoms with Crippen molar-refractivity contribution in [3.8, 4) is 0 Å². The first-order valence-corrected chi connectivity index (χ1v) is 7.06. The van der Waals surface area contributed by atoms with Gasteiger partial charge in [-0.05, 0) is 41.9 Å². The first-order chi connectivity index (χ1) is 7.24. The Morgan fingerprint density at radius 2 is 2.40 bits per heavy atom. The van der Waals surface area contributed by atoms with Crippen LogP contribution in [0.3, 0.4) is 0 Å². The van der Waals surface area contributed by atoms with Gasteiger partial charge in [0.1, 0.15) is 0 Å². The Kier molecular flexibility index (Phi) is 4.20. The van der Waals surface area contributed by atoms with Crippen LogP contribution >= 0.6 is 27.3 Å². The highest BCUT2D eigenvalue weighted by molar-refractivity contribution is 9.10. The number of hydrogen-bond acceptors (Lipinski definition) is 3. The van der Waals surface area contributed by atoms with Crippen molar-refractivity contribution in [2.75, 3.05) is 20.1 Å². The van der Waals surface area contributed by atoms with Gasteiger partial charge in [-0.15, -0.1) is 11.3 Å². The van der Waals surface area contributed by atoms with Gasteiger partial charge < -0.3 is 10.2 Å². The molecule has 1 aromatic heterocycles. The number of likely N-dealkylation sites (N-methyl/N-ethyl adjacent to an activating group) is 1. The number of halogens is 1. The molecule has 0 radical (unpaired) electrons. The molecule has 1 saturated carbocycles. The van der Waals surface area contributed by atoms with E-state index in [-0.39, 0.29) is 0 Å². The topological polar surface area (TPSA) is 15.3 Å². The summed E-state index contributed by atoms with van der Waals surface area (Å²) in [5.74, 6) is 0. The predicted molar refractivity (Wildman–Crippen MR) is 69.4 cm³/mol. The van der Waals surface area contributed by atoms with E-state index in [9.17, 15) is 0 Å². The quantitative estimate of drug-likeness (QED) is 0.866. The molecule has 0 aromatic carbocycles. The fraction of sp³-hybridized carbons (Fsp3) is 0.636. The van der Waals surface area contributed by atoms with Crippen LogP contribution in [0.25, 0.3) is 0 Å².